The monoisotopic (exact) mass is 723 g/mol. The van der Waals surface area contributed by atoms with Gasteiger partial charge in [0.25, 0.3) is 0 Å². The third-order valence-electron chi connectivity index (χ3n) is 14.4. The van der Waals surface area contributed by atoms with Crippen molar-refractivity contribution in [1.29, 1.82) is 0 Å². The Bertz CT molecular complexity index is 1600. The molecule has 4 fully saturated rings. The van der Waals surface area contributed by atoms with Gasteiger partial charge in [-0.25, -0.2) is 4.79 Å². The van der Waals surface area contributed by atoms with Gasteiger partial charge in [-0.1, -0.05) is 81.3 Å². The van der Waals surface area contributed by atoms with E-state index in [0.717, 1.165) is 58.8 Å². The number of fused-ring (bicyclic) bond motifs is 5. The predicted octanol–water partition coefficient (Wildman–Crippen LogP) is 9.68. The van der Waals surface area contributed by atoms with Gasteiger partial charge in [-0.05, 0) is 134 Å². The molecule has 1 amide bonds. The average molecular weight is 724 g/mol. The Morgan fingerprint density at radius 3 is 2.06 bits per heavy atom. The van der Waals surface area contributed by atoms with E-state index in [4.69, 9.17) is 18.9 Å². The number of aliphatic hydroxyl groups is 1. The van der Waals surface area contributed by atoms with Crippen molar-refractivity contribution in [3.63, 3.8) is 0 Å². The zero-order valence-electron chi connectivity index (χ0n) is 32.4. The van der Waals surface area contributed by atoms with Gasteiger partial charge in [-0.15, -0.1) is 0 Å². The third-order valence-corrected chi connectivity index (χ3v) is 14.4. The molecule has 7 heteroatoms. The summed E-state index contributed by atoms with van der Waals surface area (Å²) in [5, 5.41) is 14.1. The van der Waals surface area contributed by atoms with Gasteiger partial charge in [-0.2, -0.15) is 0 Å². The van der Waals surface area contributed by atoms with Crippen LogP contribution in [0.1, 0.15) is 108 Å². The maximum Gasteiger partial charge on any atom is 0.407 e. The smallest absolute Gasteiger partial charge is 0.407 e. The van der Waals surface area contributed by atoms with Crippen molar-refractivity contribution in [2.45, 2.75) is 109 Å². The number of hydrogen-bond donors (Lipinski definition) is 2. The Hall–Kier alpha value is -3.55. The first-order chi connectivity index (χ1) is 25.7. The van der Waals surface area contributed by atoms with Gasteiger partial charge in [0.15, 0.2) is 0 Å². The zero-order chi connectivity index (χ0) is 37.1. The summed E-state index contributed by atoms with van der Waals surface area (Å²) in [5.41, 5.74) is 2.50. The third kappa shape index (κ3) is 7.33. The number of carbonyl (C=O) groups excluding carboxylic acids is 1. The zero-order valence-corrected chi connectivity index (χ0v) is 32.4. The first-order valence-electron chi connectivity index (χ1n) is 20.3. The highest BCUT2D eigenvalue weighted by Crippen LogP contribution is 2.66. The summed E-state index contributed by atoms with van der Waals surface area (Å²) in [7, 11) is 3.32. The Labute approximate surface area is 317 Å². The first-order valence-corrected chi connectivity index (χ1v) is 20.3. The van der Waals surface area contributed by atoms with Crippen LogP contribution in [0.25, 0.3) is 0 Å². The molecule has 7 nitrogen and oxygen atoms in total. The van der Waals surface area contributed by atoms with Gasteiger partial charge in [0.2, 0.25) is 0 Å². The fourth-order valence-corrected chi connectivity index (χ4v) is 11.5. The first kappa shape index (κ1) is 37.8. The summed E-state index contributed by atoms with van der Waals surface area (Å²) in [6, 6.07) is 26.1. The molecule has 0 heterocycles. The number of hydrogen-bond acceptors (Lipinski definition) is 6. The Morgan fingerprint density at radius 2 is 1.40 bits per heavy atom. The molecule has 0 radical (unpaired) electrons. The lowest BCUT2D eigenvalue weighted by atomic mass is 9.45. The number of rotatable bonds is 13. The van der Waals surface area contributed by atoms with Crippen LogP contribution in [0.15, 0.2) is 78.9 Å². The lowest BCUT2D eigenvalue weighted by Crippen LogP contribution is -2.53. The predicted molar refractivity (Wildman–Crippen MR) is 208 cm³/mol. The summed E-state index contributed by atoms with van der Waals surface area (Å²) >= 11 is 0. The maximum absolute atomic E-state index is 13.2. The largest absolute Gasteiger partial charge is 0.497 e. The SMILES string of the molecule is COc1ccc(C(OCCC(O)CCNC(=O)O[C@H]2CC[C@H]3[C@@H]4CC[C@H]5CCCC[C@]5(C)[C@H]4CC[C@]23C)(c2ccccc2)c2ccc(OC)cc2)cc1. The second kappa shape index (κ2) is 16.0. The van der Waals surface area contributed by atoms with Crippen LogP contribution in [-0.4, -0.2) is 50.8 Å². The number of carbonyl (C=O) groups is 1. The normalized spacial score (nSPS) is 29.9. The molecule has 4 saturated carbocycles. The molecule has 53 heavy (non-hydrogen) atoms. The number of aliphatic hydroxyl groups excluding tert-OH is 1. The highest BCUT2D eigenvalue weighted by atomic mass is 16.6. The Balaban J connectivity index is 0.949. The van der Waals surface area contributed by atoms with E-state index in [1.807, 2.05) is 66.7 Å². The van der Waals surface area contributed by atoms with Gasteiger partial charge >= 0.3 is 6.09 Å². The minimum atomic E-state index is -0.941. The van der Waals surface area contributed by atoms with Crippen LogP contribution < -0.4 is 14.8 Å². The highest BCUT2D eigenvalue weighted by Gasteiger charge is 2.60. The molecule has 0 saturated heterocycles. The van der Waals surface area contributed by atoms with E-state index < -0.39 is 11.7 Å². The van der Waals surface area contributed by atoms with E-state index in [1.165, 1.54) is 51.4 Å². The van der Waals surface area contributed by atoms with Gasteiger partial charge < -0.3 is 29.4 Å². The van der Waals surface area contributed by atoms with E-state index in [9.17, 15) is 9.90 Å². The van der Waals surface area contributed by atoms with E-state index in [1.54, 1.807) is 14.2 Å². The van der Waals surface area contributed by atoms with Crippen molar-refractivity contribution in [1.82, 2.24) is 5.32 Å². The number of amides is 1. The van der Waals surface area contributed by atoms with Gasteiger partial charge in [0.05, 0.1) is 26.9 Å². The average Bonchev–Trinajstić information content (AvgIpc) is 3.52. The summed E-state index contributed by atoms with van der Waals surface area (Å²) in [6.45, 7) is 5.67. The van der Waals surface area contributed by atoms with Crippen LogP contribution in [-0.2, 0) is 15.1 Å². The topological polar surface area (TPSA) is 86.2 Å². The molecule has 7 rings (SSSR count). The van der Waals surface area contributed by atoms with E-state index in [2.05, 4.69) is 31.3 Å². The summed E-state index contributed by atoms with van der Waals surface area (Å²) in [4.78, 5) is 13.2. The molecule has 3 aromatic carbocycles. The van der Waals surface area contributed by atoms with Crippen molar-refractivity contribution in [3.05, 3.63) is 95.6 Å². The minimum Gasteiger partial charge on any atom is -0.497 e. The Kier molecular flexibility index (Phi) is 11.4. The van der Waals surface area contributed by atoms with Gasteiger partial charge in [0, 0.05) is 12.0 Å². The molecule has 4 aliphatic carbocycles. The molecule has 0 aromatic heterocycles. The van der Waals surface area contributed by atoms with Crippen LogP contribution >= 0.6 is 0 Å². The van der Waals surface area contributed by atoms with Crippen molar-refractivity contribution >= 4 is 6.09 Å². The quantitative estimate of drug-likeness (QED) is 0.171. The molecule has 1 unspecified atom stereocenters. The van der Waals surface area contributed by atoms with E-state index in [-0.39, 0.29) is 17.6 Å². The lowest BCUT2D eigenvalue weighted by molar-refractivity contribution is -0.121. The fourth-order valence-electron chi connectivity index (χ4n) is 11.5. The number of ether oxygens (including phenoxy) is 4. The molecule has 2 N–H and O–H groups in total. The van der Waals surface area contributed by atoms with E-state index in [0.29, 0.717) is 37.3 Å². The van der Waals surface area contributed by atoms with Gasteiger partial charge in [-0.3, -0.25) is 0 Å². The molecule has 0 spiro atoms. The summed E-state index contributed by atoms with van der Waals surface area (Å²) < 4.78 is 24.0. The van der Waals surface area contributed by atoms with Crippen LogP contribution in [0, 0.1) is 34.5 Å². The van der Waals surface area contributed by atoms with Crippen molar-refractivity contribution < 1.29 is 28.8 Å². The standard InChI is InChI=1S/C46H61NO6/c1-44-28-9-8-10-32(44)17-22-39-40-23-24-42(45(40,2)29-25-41(39)44)53-43(49)47-30-26-36(48)27-31-52-46(33-11-6-5-7-12-33,34-13-18-37(50-3)19-14-34)35-15-20-38(51-4)21-16-35/h5-7,11-16,18-21,32,36,39-42,48H,8-10,17,22-31H2,1-4H3,(H,47,49)/t32-,36?,39+,40+,41+,42+,44+,45+/m1/s1. The molecular weight excluding hydrogens is 663 g/mol. The number of nitrogens with one attached hydrogen (secondary N) is 1. The molecular formula is C46H61NO6. The second-order valence-corrected chi connectivity index (χ2v) is 16.9. The maximum atomic E-state index is 13.2. The van der Waals surface area contributed by atoms with Crippen molar-refractivity contribution in [2.24, 2.45) is 34.5 Å². The van der Waals surface area contributed by atoms with Crippen LogP contribution in [0.5, 0.6) is 11.5 Å². The lowest BCUT2D eigenvalue weighted by Gasteiger charge is -2.60. The summed E-state index contributed by atoms with van der Waals surface area (Å²) in [5.74, 6) is 4.70. The Morgan fingerprint density at radius 1 is 0.755 bits per heavy atom. The summed E-state index contributed by atoms with van der Waals surface area (Å²) in [6.07, 6.45) is 12.7. The molecule has 0 bridgehead atoms. The van der Waals surface area contributed by atoms with Crippen LogP contribution in [0.2, 0.25) is 0 Å². The number of benzene rings is 3. The molecule has 0 aliphatic heterocycles. The van der Waals surface area contributed by atoms with Crippen molar-refractivity contribution in [2.75, 3.05) is 27.4 Å². The van der Waals surface area contributed by atoms with Crippen LogP contribution in [0.4, 0.5) is 4.79 Å². The molecule has 286 valence electrons. The fraction of sp³-hybridized carbons (Fsp3) is 0.587. The van der Waals surface area contributed by atoms with Crippen LogP contribution in [0.3, 0.4) is 0 Å². The van der Waals surface area contributed by atoms with Gasteiger partial charge in [0.1, 0.15) is 23.2 Å². The highest BCUT2D eigenvalue weighted by molar-refractivity contribution is 5.67. The van der Waals surface area contributed by atoms with Crippen molar-refractivity contribution in [3.8, 4) is 11.5 Å². The second-order valence-electron chi connectivity index (χ2n) is 16.9. The number of methoxy groups -OCH3 is 2. The number of alkyl carbamates (subject to hydrolysis) is 1. The molecule has 3 aromatic rings. The minimum absolute atomic E-state index is 0.0364. The van der Waals surface area contributed by atoms with E-state index >= 15 is 0 Å². The molecule has 8 atom stereocenters. The molecule has 4 aliphatic rings.